The van der Waals surface area contributed by atoms with Crippen molar-refractivity contribution in [2.24, 2.45) is 0 Å². The Labute approximate surface area is 327 Å². The normalized spacial score (nSPS) is 10.7. The number of halogens is 2. The molecule has 0 aliphatic rings. The fraction of sp³-hybridized carbons (Fsp3) is 0.714. The molecule has 50 heavy (non-hydrogen) atoms. The van der Waals surface area contributed by atoms with E-state index in [1.54, 1.807) is 0 Å². The number of rotatable bonds is 31. The Hall–Kier alpha value is -1.80. The summed E-state index contributed by atoms with van der Waals surface area (Å²) in [6, 6.07) is 7.44. The lowest BCUT2D eigenvalue weighted by molar-refractivity contribution is -0.697. The van der Waals surface area contributed by atoms with Crippen molar-refractivity contribution in [3.63, 3.8) is 0 Å². The molecule has 0 aliphatic carbocycles. The molecule has 0 spiro atoms. The van der Waals surface area contributed by atoms with E-state index in [1.807, 2.05) is 49.1 Å². The minimum Gasteiger partial charge on any atom is -1.00 e. The average Bonchev–Trinajstić information content (AvgIpc) is 3.11. The fourth-order valence-electron chi connectivity index (χ4n) is 6.10. The summed E-state index contributed by atoms with van der Waals surface area (Å²) in [6.07, 6.45) is 38.1. The number of carbonyl (C=O) groups excluding carboxylic acids is 2. The number of aryl methyl sites for hydroxylation is 2. The second-order valence-corrected chi connectivity index (χ2v) is 13.7. The Morgan fingerprint density at radius 2 is 0.680 bits per heavy atom. The van der Waals surface area contributed by atoms with Crippen LogP contribution in [0.15, 0.2) is 49.1 Å². The third-order valence-electron chi connectivity index (χ3n) is 9.30. The van der Waals surface area contributed by atoms with Crippen LogP contribution in [0.25, 0.3) is 0 Å². The van der Waals surface area contributed by atoms with Crippen LogP contribution in [0.2, 0.25) is 0 Å². The molecule has 2 heterocycles. The van der Waals surface area contributed by atoms with Gasteiger partial charge in [-0.2, -0.15) is 0 Å². The first kappa shape index (κ1) is 48.2. The predicted octanol–water partition coefficient (Wildman–Crippen LogP) is 4.69. The SMILES string of the molecule is CCCCCCCCCCCC[n+]1ccc(C(=O)OCCCCCCOC(=O)c2cc[n+](CCCCCCCCCCCC)cc2)cc1.[Br-].[Br-]. The van der Waals surface area contributed by atoms with E-state index >= 15 is 0 Å². The molecule has 0 saturated heterocycles. The van der Waals surface area contributed by atoms with Gasteiger partial charge in [0.15, 0.2) is 24.8 Å². The third-order valence-corrected chi connectivity index (χ3v) is 9.30. The lowest BCUT2D eigenvalue weighted by Crippen LogP contribution is -3.00. The molecule has 0 saturated carbocycles. The first-order valence-corrected chi connectivity index (χ1v) is 20.0. The van der Waals surface area contributed by atoms with Crippen LogP contribution < -0.4 is 43.1 Å². The number of hydrogen-bond acceptors (Lipinski definition) is 4. The molecule has 8 heteroatoms. The molecule has 2 aromatic rings. The Bertz CT molecular complexity index is 981. The third kappa shape index (κ3) is 25.2. The number of aromatic nitrogens is 2. The van der Waals surface area contributed by atoms with Gasteiger partial charge in [0.25, 0.3) is 0 Å². The van der Waals surface area contributed by atoms with Crippen LogP contribution in [0.5, 0.6) is 0 Å². The summed E-state index contributed by atoms with van der Waals surface area (Å²) in [4.78, 5) is 24.8. The summed E-state index contributed by atoms with van der Waals surface area (Å²) in [5.41, 5.74) is 1.21. The van der Waals surface area contributed by atoms with Crippen molar-refractivity contribution < 1.29 is 62.2 Å². The topological polar surface area (TPSA) is 60.4 Å². The number of carbonyl (C=O) groups is 2. The van der Waals surface area contributed by atoms with Gasteiger partial charge in [0.2, 0.25) is 0 Å². The van der Waals surface area contributed by atoms with Crippen LogP contribution in [0.1, 0.15) is 189 Å². The summed E-state index contributed by atoms with van der Waals surface area (Å²) in [6.45, 7) is 7.34. The Morgan fingerprint density at radius 1 is 0.420 bits per heavy atom. The Morgan fingerprint density at radius 3 is 0.980 bits per heavy atom. The van der Waals surface area contributed by atoms with E-state index in [1.165, 1.54) is 128 Å². The summed E-state index contributed by atoms with van der Waals surface area (Å²) >= 11 is 0. The average molecular weight is 827 g/mol. The number of hydrogen-bond donors (Lipinski definition) is 0. The minimum atomic E-state index is -0.261. The van der Waals surface area contributed by atoms with Crippen LogP contribution >= 0.6 is 0 Å². The fourth-order valence-corrected chi connectivity index (χ4v) is 6.10. The first-order valence-electron chi connectivity index (χ1n) is 20.0. The number of nitrogens with zero attached hydrogens (tertiary/aromatic N) is 2. The van der Waals surface area contributed by atoms with Crippen molar-refractivity contribution in [2.75, 3.05) is 13.2 Å². The molecule has 2 rings (SSSR count). The molecule has 0 aliphatic heterocycles. The second kappa shape index (κ2) is 34.3. The predicted molar refractivity (Wildman–Crippen MR) is 196 cm³/mol. The molecule has 0 amide bonds. The van der Waals surface area contributed by atoms with Gasteiger partial charge in [-0.15, -0.1) is 0 Å². The quantitative estimate of drug-likeness (QED) is 0.0630. The van der Waals surface area contributed by atoms with Crippen molar-refractivity contribution in [1.29, 1.82) is 0 Å². The van der Waals surface area contributed by atoms with E-state index in [4.69, 9.17) is 9.47 Å². The summed E-state index contributed by atoms with van der Waals surface area (Å²) in [5.74, 6) is -0.523. The van der Waals surface area contributed by atoms with Crippen molar-refractivity contribution in [2.45, 2.75) is 181 Å². The van der Waals surface area contributed by atoms with Crippen molar-refractivity contribution >= 4 is 11.9 Å². The molecule has 0 fully saturated rings. The van der Waals surface area contributed by atoms with Gasteiger partial charge in [-0.05, 0) is 38.5 Å². The maximum absolute atomic E-state index is 12.4. The largest absolute Gasteiger partial charge is 1.00 e. The van der Waals surface area contributed by atoms with E-state index < -0.39 is 0 Å². The zero-order chi connectivity index (χ0) is 34.3. The van der Waals surface area contributed by atoms with Crippen LogP contribution in [0, 0.1) is 0 Å². The maximum atomic E-state index is 12.4. The molecule has 0 N–H and O–H groups in total. The van der Waals surface area contributed by atoms with Gasteiger partial charge in [0.1, 0.15) is 13.1 Å². The van der Waals surface area contributed by atoms with Gasteiger partial charge in [-0.25, -0.2) is 18.7 Å². The van der Waals surface area contributed by atoms with Crippen molar-refractivity contribution in [3.8, 4) is 0 Å². The van der Waals surface area contributed by atoms with Gasteiger partial charge in [0, 0.05) is 37.1 Å². The summed E-state index contributed by atoms with van der Waals surface area (Å²) < 4.78 is 15.3. The van der Waals surface area contributed by atoms with Crippen LogP contribution in [0.3, 0.4) is 0 Å². The van der Waals surface area contributed by atoms with Crippen molar-refractivity contribution in [1.82, 2.24) is 0 Å². The molecule has 286 valence electrons. The highest BCUT2D eigenvalue weighted by molar-refractivity contribution is 5.89. The highest BCUT2D eigenvalue weighted by atomic mass is 79.9. The zero-order valence-corrected chi connectivity index (χ0v) is 34.9. The maximum Gasteiger partial charge on any atom is 0.338 e. The van der Waals surface area contributed by atoms with E-state index in [-0.39, 0.29) is 45.9 Å². The van der Waals surface area contributed by atoms with Gasteiger partial charge >= 0.3 is 11.9 Å². The van der Waals surface area contributed by atoms with E-state index in [2.05, 4.69) is 23.0 Å². The molecule has 6 nitrogen and oxygen atoms in total. The molecule has 0 radical (unpaired) electrons. The highest BCUT2D eigenvalue weighted by Crippen LogP contribution is 2.12. The van der Waals surface area contributed by atoms with Gasteiger partial charge < -0.3 is 43.4 Å². The van der Waals surface area contributed by atoms with E-state index in [0.29, 0.717) is 24.3 Å². The number of ether oxygens (including phenoxy) is 2. The molecule has 0 aromatic carbocycles. The molecule has 0 unspecified atom stereocenters. The lowest BCUT2D eigenvalue weighted by Gasteiger charge is -2.06. The Balaban J connectivity index is 0.0000120. The number of esters is 2. The summed E-state index contributed by atoms with van der Waals surface area (Å²) in [7, 11) is 0. The molecule has 0 atom stereocenters. The van der Waals surface area contributed by atoms with Crippen LogP contribution in [0.4, 0.5) is 0 Å². The minimum absolute atomic E-state index is 0. The summed E-state index contributed by atoms with van der Waals surface area (Å²) in [5, 5.41) is 0. The standard InChI is InChI=1S/C42H70N2O4.2BrH/c1-3-5-7-9-11-13-15-17-19-23-31-43-33-27-39(28-34-43)41(45)47-37-25-21-22-26-38-48-42(46)40-29-35-44(36-30-40)32-24-20-18-16-14-12-10-8-6-4-2;;/h27-30,33-36H,3-26,31-32,37-38H2,1-2H3;2*1H/q+2;;/p-2. The van der Waals surface area contributed by atoms with Crippen LogP contribution in [-0.4, -0.2) is 25.2 Å². The Kier molecular flexibility index (Phi) is 33.1. The first-order chi connectivity index (χ1) is 23.6. The zero-order valence-electron chi connectivity index (χ0n) is 31.7. The molecular weight excluding hydrogens is 756 g/mol. The highest BCUT2D eigenvalue weighted by Gasteiger charge is 2.11. The van der Waals surface area contributed by atoms with Crippen LogP contribution in [-0.2, 0) is 22.6 Å². The second-order valence-electron chi connectivity index (χ2n) is 13.7. The van der Waals surface area contributed by atoms with E-state index in [0.717, 1.165) is 38.8 Å². The molecule has 2 aromatic heterocycles. The lowest BCUT2D eigenvalue weighted by atomic mass is 10.1. The smallest absolute Gasteiger partial charge is 0.338 e. The van der Waals surface area contributed by atoms with Gasteiger partial charge in [0.05, 0.1) is 24.3 Å². The van der Waals surface area contributed by atoms with Crippen molar-refractivity contribution in [3.05, 3.63) is 60.2 Å². The van der Waals surface area contributed by atoms with Gasteiger partial charge in [-0.3, -0.25) is 0 Å². The monoisotopic (exact) mass is 824 g/mol. The molecule has 0 bridgehead atoms. The molecular formula is C42H70Br2N2O4. The van der Waals surface area contributed by atoms with Gasteiger partial charge in [-0.1, -0.05) is 117 Å². The number of unbranched alkanes of at least 4 members (excludes halogenated alkanes) is 21. The number of pyridine rings is 2. The van der Waals surface area contributed by atoms with E-state index in [9.17, 15) is 9.59 Å².